The molecular formula is C18H19N3O3. The molecule has 6 heteroatoms. The van der Waals surface area contributed by atoms with Gasteiger partial charge in [-0.25, -0.2) is 4.79 Å². The van der Waals surface area contributed by atoms with Crippen LogP contribution in [0.4, 0.5) is 16.2 Å². The van der Waals surface area contributed by atoms with Gasteiger partial charge in [-0.3, -0.25) is 4.79 Å². The molecule has 0 atom stereocenters. The molecule has 124 valence electrons. The molecule has 1 heterocycles. The zero-order chi connectivity index (χ0) is 17.3. The molecule has 0 aromatic heterocycles. The summed E-state index contributed by atoms with van der Waals surface area (Å²) in [5, 5.41) is 5.69. The minimum atomic E-state index is -0.233. The van der Waals surface area contributed by atoms with Gasteiger partial charge in [0.1, 0.15) is 5.75 Å². The third kappa shape index (κ3) is 2.90. The van der Waals surface area contributed by atoms with Crippen LogP contribution in [0.25, 0.3) is 0 Å². The Morgan fingerprint density at radius 1 is 1.29 bits per heavy atom. The highest BCUT2D eigenvalue weighted by molar-refractivity contribution is 6.06. The molecule has 2 aromatic carbocycles. The van der Waals surface area contributed by atoms with Crippen LogP contribution in [0.2, 0.25) is 0 Å². The maximum atomic E-state index is 12.6. The van der Waals surface area contributed by atoms with E-state index < -0.39 is 0 Å². The van der Waals surface area contributed by atoms with Crippen molar-refractivity contribution in [1.82, 2.24) is 4.90 Å². The molecule has 0 unspecified atom stereocenters. The van der Waals surface area contributed by atoms with E-state index in [9.17, 15) is 9.59 Å². The van der Waals surface area contributed by atoms with Gasteiger partial charge in [0.2, 0.25) is 0 Å². The number of methoxy groups -OCH3 is 1. The van der Waals surface area contributed by atoms with Gasteiger partial charge in [-0.15, -0.1) is 0 Å². The zero-order valence-electron chi connectivity index (χ0n) is 13.8. The van der Waals surface area contributed by atoms with E-state index >= 15 is 0 Å². The highest BCUT2D eigenvalue weighted by Crippen LogP contribution is 2.27. The van der Waals surface area contributed by atoms with Crippen LogP contribution >= 0.6 is 0 Å². The van der Waals surface area contributed by atoms with Crippen molar-refractivity contribution in [3.63, 3.8) is 0 Å². The fourth-order valence-corrected chi connectivity index (χ4v) is 2.76. The molecule has 3 amide bonds. The maximum absolute atomic E-state index is 12.6. The fraction of sp³-hybridized carbons (Fsp3) is 0.222. The van der Waals surface area contributed by atoms with Crippen molar-refractivity contribution >= 4 is 23.3 Å². The largest absolute Gasteiger partial charge is 0.496 e. The molecule has 24 heavy (non-hydrogen) atoms. The van der Waals surface area contributed by atoms with Crippen LogP contribution in [0.3, 0.4) is 0 Å². The molecule has 0 aliphatic carbocycles. The van der Waals surface area contributed by atoms with Crippen molar-refractivity contribution in [2.24, 2.45) is 0 Å². The Morgan fingerprint density at radius 3 is 2.83 bits per heavy atom. The number of hydrogen-bond acceptors (Lipinski definition) is 3. The number of nitrogens with zero attached hydrogens (tertiary/aromatic N) is 1. The number of hydrogen-bond donors (Lipinski definition) is 2. The van der Waals surface area contributed by atoms with Gasteiger partial charge < -0.3 is 20.3 Å². The molecule has 0 bridgehead atoms. The van der Waals surface area contributed by atoms with Crippen molar-refractivity contribution in [1.29, 1.82) is 0 Å². The molecular weight excluding hydrogens is 306 g/mol. The predicted molar refractivity (Wildman–Crippen MR) is 92.6 cm³/mol. The first-order chi connectivity index (χ1) is 11.5. The van der Waals surface area contributed by atoms with Gasteiger partial charge in [0, 0.05) is 25.0 Å². The van der Waals surface area contributed by atoms with Gasteiger partial charge in [-0.1, -0.05) is 12.1 Å². The molecule has 6 nitrogen and oxygen atoms in total. The molecule has 0 fully saturated rings. The summed E-state index contributed by atoms with van der Waals surface area (Å²) in [6.45, 7) is 2.39. The summed E-state index contributed by atoms with van der Waals surface area (Å²) in [4.78, 5) is 25.8. The van der Waals surface area contributed by atoms with E-state index in [4.69, 9.17) is 4.74 Å². The second kappa shape index (κ2) is 6.23. The molecule has 1 aliphatic heterocycles. The van der Waals surface area contributed by atoms with Crippen LogP contribution in [0.1, 0.15) is 21.5 Å². The molecule has 0 spiro atoms. The number of aryl methyl sites for hydroxylation is 1. The van der Waals surface area contributed by atoms with E-state index in [1.807, 2.05) is 25.1 Å². The zero-order valence-corrected chi connectivity index (χ0v) is 13.8. The Hall–Kier alpha value is -3.02. The number of benzene rings is 2. The number of amides is 3. The van der Waals surface area contributed by atoms with E-state index in [1.54, 1.807) is 37.3 Å². The summed E-state index contributed by atoms with van der Waals surface area (Å²) < 4.78 is 5.34. The van der Waals surface area contributed by atoms with Crippen molar-refractivity contribution in [3.8, 4) is 5.75 Å². The lowest BCUT2D eigenvalue weighted by molar-refractivity contribution is 0.102. The molecule has 1 aliphatic rings. The third-order valence-corrected chi connectivity index (χ3v) is 4.02. The predicted octanol–water partition coefficient (Wildman–Crippen LogP) is 3.23. The third-order valence-electron chi connectivity index (χ3n) is 4.02. The molecule has 3 rings (SSSR count). The van der Waals surface area contributed by atoms with Crippen LogP contribution in [-0.2, 0) is 6.54 Å². The Bertz CT molecular complexity index is 817. The lowest BCUT2D eigenvalue weighted by Crippen LogP contribution is -2.35. The number of para-hydroxylation sites is 1. The van der Waals surface area contributed by atoms with Gasteiger partial charge in [0.05, 0.1) is 12.7 Å². The molecule has 0 saturated heterocycles. The summed E-state index contributed by atoms with van der Waals surface area (Å²) in [7, 11) is 3.28. The molecule has 2 N–H and O–H groups in total. The Kier molecular flexibility index (Phi) is 4.12. The minimum absolute atomic E-state index is 0.135. The average molecular weight is 325 g/mol. The number of carbonyl (C=O) groups excluding carboxylic acids is 2. The van der Waals surface area contributed by atoms with Crippen LogP contribution in [0.15, 0.2) is 36.4 Å². The SMILES string of the molecule is COc1c(C)cccc1C(=O)Nc1ccc2c(c1)CN(C)C(=O)N2. The smallest absolute Gasteiger partial charge is 0.321 e. The van der Waals surface area contributed by atoms with Gasteiger partial charge in [-0.05, 0) is 42.3 Å². The van der Waals surface area contributed by atoms with Gasteiger partial charge in [0.15, 0.2) is 0 Å². The number of fused-ring (bicyclic) bond motifs is 1. The highest BCUT2D eigenvalue weighted by atomic mass is 16.5. The Balaban J connectivity index is 1.85. The van der Waals surface area contributed by atoms with Gasteiger partial charge >= 0.3 is 6.03 Å². The fourth-order valence-electron chi connectivity index (χ4n) is 2.76. The number of urea groups is 1. The van der Waals surface area contributed by atoms with Gasteiger partial charge in [0.25, 0.3) is 5.91 Å². The summed E-state index contributed by atoms with van der Waals surface area (Å²) in [5.41, 5.74) is 3.78. The summed E-state index contributed by atoms with van der Waals surface area (Å²) in [6, 6.07) is 10.7. The average Bonchev–Trinajstić information content (AvgIpc) is 2.56. The first kappa shape index (κ1) is 15.9. The van der Waals surface area contributed by atoms with E-state index in [2.05, 4.69) is 10.6 Å². The molecule has 2 aromatic rings. The number of nitrogens with one attached hydrogen (secondary N) is 2. The molecule has 0 radical (unpaired) electrons. The number of ether oxygens (including phenoxy) is 1. The van der Waals surface area contributed by atoms with E-state index in [0.29, 0.717) is 23.5 Å². The standard InChI is InChI=1S/C18H19N3O3/c1-11-5-4-6-14(16(11)24-3)17(22)19-13-7-8-15-12(9-13)10-21(2)18(23)20-15/h4-9H,10H2,1-3H3,(H,19,22)(H,20,23). The highest BCUT2D eigenvalue weighted by Gasteiger charge is 2.20. The summed E-state index contributed by atoms with van der Waals surface area (Å²) in [6.07, 6.45) is 0. The van der Waals surface area contributed by atoms with Crippen LogP contribution in [0, 0.1) is 6.92 Å². The maximum Gasteiger partial charge on any atom is 0.321 e. The van der Waals surface area contributed by atoms with Crippen LogP contribution in [-0.4, -0.2) is 31.0 Å². The van der Waals surface area contributed by atoms with Crippen molar-refractivity contribution in [2.75, 3.05) is 24.8 Å². The number of rotatable bonds is 3. The monoisotopic (exact) mass is 325 g/mol. The van der Waals surface area contributed by atoms with E-state index in [-0.39, 0.29) is 11.9 Å². The second-order valence-electron chi connectivity index (χ2n) is 5.77. The van der Waals surface area contributed by atoms with Crippen LogP contribution in [0.5, 0.6) is 5.75 Å². The topological polar surface area (TPSA) is 70.7 Å². The van der Waals surface area contributed by atoms with Gasteiger partial charge in [-0.2, -0.15) is 0 Å². The van der Waals surface area contributed by atoms with Crippen molar-refractivity contribution in [3.05, 3.63) is 53.1 Å². The normalized spacial score (nSPS) is 13.1. The quantitative estimate of drug-likeness (QED) is 0.910. The summed E-state index contributed by atoms with van der Waals surface area (Å²) >= 11 is 0. The molecule has 0 saturated carbocycles. The Labute approximate surface area is 140 Å². The minimum Gasteiger partial charge on any atom is -0.496 e. The van der Waals surface area contributed by atoms with E-state index in [0.717, 1.165) is 16.8 Å². The van der Waals surface area contributed by atoms with Crippen molar-refractivity contribution in [2.45, 2.75) is 13.5 Å². The number of anilines is 2. The van der Waals surface area contributed by atoms with Crippen molar-refractivity contribution < 1.29 is 14.3 Å². The first-order valence-corrected chi connectivity index (χ1v) is 7.59. The Morgan fingerprint density at radius 2 is 2.08 bits per heavy atom. The van der Waals surface area contributed by atoms with E-state index in [1.165, 1.54) is 0 Å². The first-order valence-electron chi connectivity index (χ1n) is 7.59. The lowest BCUT2D eigenvalue weighted by Gasteiger charge is -2.26. The lowest BCUT2D eigenvalue weighted by atomic mass is 10.1. The number of carbonyl (C=O) groups is 2. The van der Waals surface area contributed by atoms with Crippen LogP contribution < -0.4 is 15.4 Å². The summed E-state index contributed by atoms with van der Waals surface area (Å²) in [5.74, 6) is 0.337. The second-order valence-corrected chi connectivity index (χ2v) is 5.77.